The third-order valence-corrected chi connectivity index (χ3v) is 13.0. The number of hydrogen-bond donors (Lipinski definition) is 3. The number of likely N-dealkylation sites (N-methyl/N-ethyl adjacent to an activating group) is 1. The minimum atomic E-state index is -4.36. The summed E-state index contributed by atoms with van der Waals surface area (Å²) in [6.07, 6.45) is 63.6. The van der Waals surface area contributed by atoms with E-state index in [-0.39, 0.29) is 25.5 Å². The fourth-order valence-corrected chi connectivity index (χ4v) is 8.50. The van der Waals surface area contributed by atoms with Crippen LogP contribution in [0.2, 0.25) is 0 Å². The molecule has 0 aromatic carbocycles. The Morgan fingerprint density at radius 1 is 0.538 bits per heavy atom. The topological polar surface area (TPSA) is 105 Å². The number of phosphoric ester groups is 1. The summed E-state index contributed by atoms with van der Waals surface area (Å²) < 4.78 is 23.6. The van der Waals surface area contributed by atoms with Crippen molar-refractivity contribution in [2.45, 2.75) is 251 Å². The molecular weight excluding hydrogens is 828 g/mol. The maximum atomic E-state index is 12.9. The first kappa shape index (κ1) is 63.2. The van der Waals surface area contributed by atoms with Crippen LogP contribution in [-0.2, 0) is 18.4 Å². The van der Waals surface area contributed by atoms with Gasteiger partial charge in [0.1, 0.15) is 13.2 Å². The molecule has 0 saturated carbocycles. The molecule has 1 amide bonds. The normalized spacial score (nSPS) is 14.5. The molecule has 380 valence electrons. The Hall–Kier alpha value is -1.80. The molecule has 0 aliphatic heterocycles. The van der Waals surface area contributed by atoms with Gasteiger partial charge in [-0.1, -0.05) is 248 Å². The number of nitrogens with zero attached hydrogens (tertiary/aromatic N) is 1. The number of quaternary nitrogens is 1. The van der Waals surface area contributed by atoms with Crippen molar-refractivity contribution in [1.82, 2.24) is 5.32 Å². The lowest BCUT2D eigenvalue weighted by Crippen LogP contribution is -2.45. The van der Waals surface area contributed by atoms with E-state index in [0.29, 0.717) is 17.4 Å². The Morgan fingerprint density at radius 3 is 1.32 bits per heavy atom. The van der Waals surface area contributed by atoms with Crippen molar-refractivity contribution in [3.63, 3.8) is 0 Å². The summed E-state index contributed by atoms with van der Waals surface area (Å²) in [5.41, 5.74) is 0. The first-order valence-electron chi connectivity index (χ1n) is 27.2. The van der Waals surface area contributed by atoms with Crippen molar-refractivity contribution in [3.05, 3.63) is 60.8 Å². The van der Waals surface area contributed by atoms with Crippen molar-refractivity contribution in [2.75, 3.05) is 40.9 Å². The molecule has 0 aromatic heterocycles. The molecule has 0 aromatic rings. The number of allylic oxidation sites excluding steroid dienone is 9. The van der Waals surface area contributed by atoms with E-state index in [1.807, 2.05) is 39.4 Å². The van der Waals surface area contributed by atoms with Crippen LogP contribution >= 0.6 is 7.82 Å². The van der Waals surface area contributed by atoms with Crippen LogP contribution in [0.1, 0.15) is 239 Å². The molecule has 0 bridgehead atoms. The molecule has 3 atom stereocenters. The predicted molar refractivity (Wildman–Crippen MR) is 281 cm³/mol. The van der Waals surface area contributed by atoms with Crippen LogP contribution in [0, 0.1) is 0 Å². The van der Waals surface area contributed by atoms with Crippen LogP contribution in [0.4, 0.5) is 0 Å². The summed E-state index contributed by atoms with van der Waals surface area (Å²) in [5, 5.41) is 13.8. The number of phosphoric acid groups is 1. The summed E-state index contributed by atoms with van der Waals surface area (Å²) in [6, 6.07) is -0.887. The van der Waals surface area contributed by atoms with Crippen molar-refractivity contribution < 1.29 is 32.9 Å². The van der Waals surface area contributed by atoms with Gasteiger partial charge in [0.2, 0.25) is 5.91 Å². The highest BCUT2D eigenvalue weighted by Gasteiger charge is 2.27. The number of nitrogens with one attached hydrogen (secondary N) is 1. The molecular formula is C56H106N2O6P+. The number of rotatable bonds is 49. The molecule has 0 fully saturated rings. The maximum absolute atomic E-state index is 12.9. The van der Waals surface area contributed by atoms with Gasteiger partial charge in [-0.05, 0) is 44.9 Å². The Balaban J connectivity index is 4.16. The van der Waals surface area contributed by atoms with Crippen molar-refractivity contribution in [1.29, 1.82) is 0 Å². The highest BCUT2D eigenvalue weighted by Crippen LogP contribution is 2.43. The highest BCUT2D eigenvalue weighted by molar-refractivity contribution is 7.47. The minimum absolute atomic E-state index is 0.0469. The lowest BCUT2D eigenvalue weighted by Gasteiger charge is -2.25. The summed E-state index contributed by atoms with van der Waals surface area (Å²) in [5.74, 6) is -0.257. The zero-order valence-corrected chi connectivity index (χ0v) is 44.1. The molecule has 0 aliphatic rings. The van der Waals surface area contributed by atoms with E-state index < -0.39 is 20.0 Å². The second kappa shape index (κ2) is 47.3. The highest BCUT2D eigenvalue weighted by atomic mass is 31.2. The molecule has 3 unspecified atom stereocenters. The third-order valence-electron chi connectivity index (χ3n) is 12.0. The number of amides is 1. The van der Waals surface area contributed by atoms with Crippen LogP contribution in [0.3, 0.4) is 0 Å². The van der Waals surface area contributed by atoms with E-state index in [2.05, 4.69) is 55.6 Å². The first-order chi connectivity index (χ1) is 31.5. The Bertz CT molecular complexity index is 1240. The van der Waals surface area contributed by atoms with E-state index >= 15 is 0 Å². The second-order valence-electron chi connectivity index (χ2n) is 19.6. The molecule has 0 radical (unpaired) electrons. The van der Waals surface area contributed by atoms with Crippen LogP contribution in [0.25, 0.3) is 0 Å². The molecule has 0 aliphatic carbocycles. The van der Waals surface area contributed by atoms with Gasteiger partial charge in [-0.2, -0.15) is 0 Å². The third kappa shape index (κ3) is 49.9. The van der Waals surface area contributed by atoms with Crippen LogP contribution in [0.15, 0.2) is 60.8 Å². The zero-order valence-electron chi connectivity index (χ0n) is 43.2. The van der Waals surface area contributed by atoms with Gasteiger partial charge in [0.05, 0.1) is 39.9 Å². The number of unbranched alkanes of at least 4 members (excludes halogenated alkanes) is 28. The minimum Gasteiger partial charge on any atom is -0.387 e. The fourth-order valence-electron chi connectivity index (χ4n) is 7.76. The smallest absolute Gasteiger partial charge is 0.387 e. The second-order valence-corrected chi connectivity index (χ2v) is 21.0. The Labute approximate surface area is 402 Å². The van der Waals surface area contributed by atoms with Gasteiger partial charge in [-0.3, -0.25) is 13.8 Å². The maximum Gasteiger partial charge on any atom is 0.472 e. The average molecular weight is 934 g/mol. The summed E-state index contributed by atoms with van der Waals surface area (Å²) in [7, 11) is 1.53. The monoisotopic (exact) mass is 934 g/mol. The molecule has 0 rings (SSSR count). The Morgan fingerprint density at radius 2 is 0.923 bits per heavy atom. The first-order valence-corrected chi connectivity index (χ1v) is 28.7. The molecule has 9 heteroatoms. The molecule has 8 nitrogen and oxygen atoms in total. The van der Waals surface area contributed by atoms with Gasteiger partial charge in [0.15, 0.2) is 0 Å². The molecule has 65 heavy (non-hydrogen) atoms. The molecule has 0 heterocycles. The quantitative estimate of drug-likeness (QED) is 0.0243. The average Bonchev–Trinajstić information content (AvgIpc) is 3.26. The lowest BCUT2D eigenvalue weighted by molar-refractivity contribution is -0.870. The predicted octanol–water partition coefficient (Wildman–Crippen LogP) is 16.1. The van der Waals surface area contributed by atoms with Crippen LogP contribution in [0.5, 0.6) is 0 Å². The zero-order chi connectivity index (χ0) is 47.8. The fraction of sp³-hybridized carbons (Fsp3) is 0.804. The molecule has 0 spiro atoms. The van der Waals surface area contributed by atoms with E-state index in [1.54, 1.807) is 6.08 Å². The van der Waals surface area contributed by atoms with Crippen molar-refractivity contribution in [2.24, 2.45) is 0 Å². The van der Waals surface area contributed by atoms with Crippen LogP contribution < -0.4 is 5.32 Å². The number of aliphatic hydroxyl groups excluding tert-OH is 1. The van der Waals surface area contributed by atoms with Gasteiger partial charge < -0.3 is 19.8 Å². The summed E-state index contributed by atoms with van der Waals surface area (Å²) in [4.78, 5) is 23.1. The van der Waals surface area contributed by atoms with Crippen molar-refractivity contribution in [3.8, 4) is 0 Å². The number of aliphatic hydroxyl groups is 1. The van der Waals surface area contributed by atoms with Gasteiger partial charge >= 0.3 is 7.82 Å². The van der Waals surface area contributed by atoms with E-state index in [9.17, 15) is 19.4 Å². The lowest BCUT2D eigenvalue weighted by atomic mass is 10.0. The SMILES string of the molecule is CC/C=C\C/C=C\C/C=C\C/C=C\CCC(=O)NC(COP(=O)(O)OCC[N+](C)(C)C)C(O)/C=C/CCCCCCCCCCCCCCCCCCCCCCCCCCCCCC. The van der Waals surface area contributed by atoms with Gasteiger partial charge in [0.25, 0.3) is 0 Å². The molecule has 3 N–H and O–H groups in total. The van der Waals surface area contributed by atoms with Crippen LogP contribution in [-0.4, -0.2) is 73.4 Å². The van der Waals surface area contributed by atoms with E-state index in [1.165, 1.54) is 167 Å². The van der Waals surface area contributed by atoms with Gasteiger partial charge in [0, 0.05) is 6.42 Å². The van der Waals surface area contributed by atoms with E-state index in [4.69, 9.17) is 9.05 Å². The van der Waals surface area contributed by atoms with Gasteiger partial charge in [-0.15, -0.1) is 0 Å². The van der Waals surface area contributed by atoms with Gasteiger partial charge in [-0.25, -0.2) is 4.57 Å². The number of hydrogen-bond acceptors (Lipinski definition) is 5. The number of carbonyl (C=O) groups excluding carboxylic acids is 1. The van der Waals surface area contributed by atoms with E-state index in [0.717, 1.165) is 44.9 Å². The largest absolute Gasteiger partial charge is 0.472 e. The Kier molecular flexibility index (Phi) is 46.0. The number of carbonyl (C=O) groups is 1. The molecule has 0 saturated heterocycles. The van der Waals surface area contributed by atoms with Crippen molar-refractivity contribution >= 4 is 13.7 Å². The summed E-state index contributed by atoms with van der Waals surface area (Å²) in [6.45, 7) is 4.65. The standard InChI is InChI=1S/C56H105N2O6P/c1-6-8-10-12-14-16-18-20-21-22-23-24-25-26-27-28-29-30-31-32-33-34-35-36-38-39-41-43-45-47-49-55(59)54(53-64-65(61,62)63-52-51-58(3,4)5)57-56(60)50-48-46-44-42-40-37-19-17-15-13-11-9-7-2/h9,11,15,17,37,40,44,46-47,49,54-55,59H,6-8,10,12-14,16,18-36,38-39,41-43,45,48,50-53H2,1-5H3,(H-,57,60,61,62)/p+1/b11-9-,17-15-,40-37-,46-44-,49-47+. The summed E-state index contributed by atoms with van der Waals surface area (Å²) >= 11 is 0.